The van der Waals surface area contributed by atoms with Gasteiger partial charge in [0.2, 0.25) is 6.29 Å². The number of carbonyl (C=O) groups excluding carboxylic acids is 3. The number of nitrogens with zero attached hydrogens (tertiary/aromatic N) is 2. The van der Waals surface area contributed by atoms with Gasteiger partial charge in [-0.3, -0.25) is 9.80 Å². The molecule has 14 nitrogen and oxygen atoms in total. The summed E-state index contributed by atoms with van der Waals surface area (Å²) >= 11 is 0. The van der Waals surface area contributed by atoms with Gasteiger partial charge in [0, 0.05) is 12.6 Å². The second-order valence-electron chi connectivity index (χ2n) is 12.2. The first-order valence-corrected chi connectivity index (χ1v) is 15.8. The summed E-state index contributed by atoms with van der Waals surface area (Å²) in [5, 5.41) is 38.9. The minimum Gasteiger partial charge on any atom is -0.479 e. The lowest BCUT2D eigenvalue weighted by molar-refractivity contribution is -0.286. The predicted octanol–water partition coefficient (Wildman–Crippen LogP) is 4.61. The van der Waals surface area contributed by atoms with Gasteiger partial charge in [0.05, 0.1) is 35.5 Å². The van der Waals surface area contributed by atoms with Gasteiger partial charge in [-0.2, -0.15) is 39.5 Å². The molecule has 1 saturated heterocycles. The number of alkyl halides is 9. The van der Waals surface area contributed by atoms with Crippen LogP contribution in [-0.2, 0) is 53.6 Å². The summed E-state index contributed by atoms with van der Waals surface area (Å²) < 4.78 is 143. The molecular weight excluding hydrogens is 775 g/mol. The van der Waals surface area contributed by atoms with Crippen molar-refractivity contribution in [3.8, 4) is 0 Å². The van der Waals surface area contributed by atoms with E-state index in [0.29, 0.717) is 29.2 Å². The Morgan fingerprint density at radius 1 is 0.855 bits per heavy atom. The van der Waals surface area contributed by atoms with E-state index in [4.69, 9.17) is 24.1 Å². The number of hydrogen-bond acceptors (Lipinski definition) is 11. The quantitative estimate of drug-likeness (QED) is 0.165. The fraction of sp³-hybridized carbons (Fsp3) is 0.500. The molecule has 4 rings (SSSR count). The van der Waals surface area contributed by atoms with Crippen LogP contribution in [0.1, 0.15) is 53.6 Å². The molecule has 7 atom stereocenters. The molecule has 304 valence electrons. The van der Waals surface area contributed by atoms with E-state index in [9.17, 15) is 74.0 Å². The molecule has 2 amide bonds. The lowest BCUT2D eigenvalue weighted by Gasteiger charge is -2.43. The number of aliphatic carboxylic acids is 1. The van der Waals surface area contributed by atoms with Crippen LogP contribution in [0.3, 0.4) is 0 Å². The highest BCUT2D eigenvalue weighted by atomic mass is 19.4. The number of carboxylic acids is 1. The van der Waals surface area contributed by atoms with Crippen molar-refractivity contribution in [3.63, 3.8) is 0 Å². The molecule has 2 aliphatic rings. The van der Waals surface area contributed by atoms with Gasteiger partial charge in [0.15, 0.2) is 12.7 Å². The van der Waals surface area contributed by atoms with E-state index < -0.39 is 133 Å². The zero-order chi connectivity index (χ0) is 41.4. The van der Waals surface area contributed by atoms with Gasteiger partial charge in [-0.1, -0.05) is 6.92 Å². The van der Waals surface area contributed by atoms with Crippen LogP contribution in [0.25, 0.3) is 0 Å². The van der Waals surface area contributed by atoms with Crippen LogP contribution in [0, 0.1) is 0 Å². The first kappa shape index (κ1) is 42.9. The van der Waals surface area contributed by atoms with Crippen LogP contribution in [-0.4, -0.2) is 99.9 Å². The van der Waals surface area contributed by atoms with Crippen molar-refractivity contribution in [2.45, 2.75) is 87.6 Å². The minimum atomic E-state index is -5.28. The molecule has 0 bridgehead atoms. The van der Waals surface area contributed by atoms with Crippen LogP contribution >= 0.6 is 0 Å². The number of carbonyl (C=O) groups is 4. The number of halogens is 9. The molecule has 2 heterocycles. The number of fused-ring (bicyclic) bond motifs is 1. The molecule has 0 saturated carbocycles. The van der Waals surface area contributed by atoms with Crippen LogP contribution in [0.4, 0.5) is 54.8 Å². The largest absolute Gasteiger partial charge is 0.479 e. The van der Waals surface area contributed by atoms with Crippen LogP contribution in [0.5, 0.6) is 0 Å². The number of esters is 1. The Kier molecular flexibility index (Phi) is 12.5. The third kappa shape index (κ3) is 9.51. The van der Waals surface area contributed by atoms with Crippen LogP contribution < -0.4 is 4.90 Å². The van der Waals surface area contributed by atoms with E-state index in [1.54, 1.807) is 0 Å². The molecule has 4 N–H and O–H groups in total. The summed E-state index contributed by atoms with van der Waals surface area (Å²) in [6.07, 6.45) is -29.7. The molecule has 0 spiro atoms. The van der Waals surface area contributed by atoms with E-state index >= 15 is 0 Å². The third-order valence-electron chi connectivity index (χ3n) is 8.66. The second kappa shape index (κ2) is 16.1. The number of ether oxygens (including phenoxy) is 4. The van der Waals surface area contributed by atoms with Gasteiger partial charge < -0.3 is 39.4 Å². The van der Waals surface area contributed by atoms with Gasteiger partial charge in [0.1, 0.15) is 18.3 Å². The lowest BCUT2D eigenvalue weighted by atomic mass is 9.87. The van der Waals surface area contributed by atoms with E-state index in [0.717, 1.165) is 18.1 Å². The molecular formula is C32H31F9N2O12. The molecule has 0 aromatic heterocycles. The second-order valence-corrected chi connectivity index (χ2v) is 12.2. The monoisotopic (exact) mass is 806 g/mol. The highest BCUT2D eigenvalue weighted by molar-refractivity contribution is 5.91. The maximum absolute atomic E-state index is 13.9. The van der Waals surface area contributed by atoms with Crippen molar-refractivity contribution < 1.29 is 98.1 Å². The number of benzene rings is 2. The zero-order valence-corrected chi connectivity index (χ0v) is 28.2. The molecule has 0 radical (unpaired) electrons. The van der Waals surface area contributed by atoms with E-state index in [1.165, 1.54) is 6.92 Å². The maximum Gasteiger partial charge on any atom is 0.416 e. The highest BCUT2D eigenvalue weighted by Gasteiger charge is 2.49. The summed E-state index contributed by atoms with van der Waals surface area (Å²) in [5.74, 6) is -3.31. The molecule has 55 heavy (non-hydrogen) atoms. The molecule has 2 aromatic carbocycles. The van der Waals surface area contributed by atoms with Crippen LogP contribution in [0.15, 0.2) is 36.4 Å². The van der Waals surface area contributed by atoms with Crippen molar-refractivity contribution in [2.75, 3.05) is 18.6 Å². The Morgan fingerprint density at radius 2 is 1.44 bits per heavy atom. The van der Waals surface area contributed by atoms with Crippen molar-refractivity contribution in [3.05, 3.63) is 64.2 Å². The molecule has 1 fully saturated rings. The van der Waals surface area contributed by atoms with E-state index in [-0.39, 0.29) is 18.2 Å². The first-order valence-electron chi connectivity index (χ1n) is 15.8. The Hall–Kier alpha value is -4.87. The fourth-order valence-corrected chi connectivity index (χ4v) is 6.03. The number of methoxy groups -OCH3 is 1. The zero-order valence-electron chi connectivity index (χ0n) is 28.2. The fourth-order valence-electron chi connectivity index (χ4n) is 6.03. The SMILES string of the molecule is CC[C@@H]1C[C@H](N(Cc2cc(C(F)(F)F)cc(C(F)(F)F)c2)C(=O)OC)c2cc(C(F)(F)F)ccc2N1C(=O)OCC(=O)OC1OC(C(=O)O)C(O)C(O)C1O. The van der Waals surface area contributed by atoms with Crippen molar-refractivity contribution in [1.29, 1.82) is 0 Å². The van der Waals surface area contributed by atoms with E-state index in [2.05, 4.69) is 0 Å². The summed E-state index contributed by atoms with van der Waals surface area (Å²) in [5.41, 5.74) is -6.37. The normalized spacial score (nSPS) is 24.4. The summed E-state index contributed by atoms with van der Waals surface area (Å²) in [7, 11) is 0.806. The van der Waals surface area contributed by atoms with Gasteiger partial charge in [-0.25, -0.2) is 19.2 Å². The van der Waals surface area contributed by atoms with Crippen LogP contribution in [0.2, 0.25) is 0 Å². The molecule has 2 aliphatic heterocycles. The minimum absolute atomic E-state index is 0.0633. The van der Waals surface area contributed by atoms with Crippen molar-refractivity contribution in [2.24, 2.45) is 0 Å². The number of hydrogen-bond donors (Lipinski definition) is 4. The molecule has 0 aliphatic carbocycles. The topological polar surface area (TPSA) is 193 Å². The number of amides is 2. The maximum atomic E-state index is 13.9. The Morgan fingerprint density at radius 3 is 1.95 bits per heavy atom. The summed E-state index contributed by atoms with van der Waals surface area (Å²) in [4.78, 5) is 51.8. The summed E-state index contributed by atoms with van der Waals surface area (Å²) in [6, 6.07) is -0.396. The average molecular weight is 807 g/mol. The number of carboxylic acid groups (broad SMARTS) is 1. The van der Waals surface area contributed by atoms with Crippen molar-refractivity contribution >= 4 is 29.8 Å². The average Bonchev–Trinajstić information content (AvgIpc) is 3.10. The number of anilines is 1. The van der Waals surface area contributed by atoms with Gasteiger partial charge >= 0.3 is 42.7 Å². The highest BCUT2D eigenvalue weighted by Crippen LogP contribution is 2.45. The molecule has 5 unspecified atom stereocenters. The Labute approximate surface area is 303 Å². The standard InChI is InChI=1S/C32H31F9N2O12/c1-3-17-10-20(42(28(50)52-2)11-13-6-15(31(36,37)38)8-16(7-13)32(39,40)41)18-9-14(30(33,34)35)4-5-19(18)43(17)29(51)53-12-21(44)54-27-24(47)22(45)23(46)25(55-27)26(48)49/h4-9,17,20,22-25,27,45-47H,3,10-12H2,1-2H3,(H,48,49)/t17-,20+,22?,23?,24?,25?,27?/m1/s1. The van der Waals surface area contributed by atoms with Gasteiger partial charge in [-0.15, -0.1) is 0 Å². The van der Waals surface area contributed by atoms with E-state index in [1.807, 2.05) is 0 Å². The number of aliphatic hydroxyl groups excluding tert-OH is 3. The van der Waals surface area contributed by atoms with Crippen molar-refractivity contribution in [1.82, 2.24) is 4.90 Å². The number of aliphatic hydroxyl groups is 3. The lowest BCUT2D eigenvalue weighted by Crippen LogP contribution is -2.60. The number of rotatable bonds is 8. The summed E-state index contributed by atoms with van der Waals surface area (Å²) in [6.45, 7) is -0.882. The van der Waals surface area contributed by atoms with Gasteiger partial charge in [0.25, 0.3) is 0 Å². The molecule has 23 heteroatoms. The Balaban J connectivity index is 1.69. The first-order chi connectivity index (χ1) is 25.4. The van der Waals surface area contributed by atoms with Gasteiger partial charge in [-0.05, 0) is 60.4 Å². The predicted molar refractivity (Wildman–Crippen MR) is 162 cm³/mol. The molecule has 2 aromatic rings. The Bertz CT molecular complexity index is 1740. The smallest absolute Gasteiger partial charge is 0.416 e. The third-order valence-corrected chi connectivity index (χ3v) is 8.66.